The molecule has 17 heavy (non-hydrogen) atoms. The normalized spacial score (nSPS) is 16.8. The molecular formula is C10H12N2O4S. The Bertz CT molecular complexity index is 580. The van der Waals surface area contributed by atoms with E-state index in [1.165, 1.54) is 0 Å². The maximum absolute atomic E-state index is 11.5. The summed E-state index contributed by atoms with van der Waals surface area (Å²) in [7, 11) is -3.09. The highest BCUT2D eigenvalue weighted by Crippen LogP contribution is 2.25. The first-order chi connectivity index (χ1) is 7.87. The smallest absolute Gasteiger partial charge is 0.303 e. The van der Waals surface area contributed by atoms with Gasteiger partial charge in [-0.05, 0) is 6.92 Å². The van der Waals surface area contributed by atoms with Crippen molar-refractivity contribution in [1.29, 1.82) is 0 Å². The number of aromatic nitrogens is 2. The number of sulfone groups is 1. The number of carboxylic acid groups (broad SMARTS) is 1. The molecule has 7 heteroatoms. The van der Waals surface area contributed by atoms with Gasteiger partial charge in [0.05, 0.1) is 23.6 Å². The fourth-order valence-corrected chi connectivity index (χ4v) is 3.41. The second kappa shape index (κ2) is 4.06. The summed E-state index contributed by atoms with van der Waals surface area (Å²) in [6.45, 7) is 1.73. The van der Waals surface area contributed by atoms with E-state index in [1.807, 2.05) is 0 Å². The Labute approximate surface area is 98.6 Å². The van der Waals surface area contributed by atoms with E-state index in [1.54, 1.807) is 6.92 Å². The number of carboxylic acids is 1. The van der Waals surface area contributed by atoms with Crippen LogP contribution >= 0.6 is 0 Å². The predicted octanol–water partition coefficient (Wildman–Crippen LogP) is 0.231. The lowest BCUT2D eigenvalue weighted by atomic mass is 10.2. The molecule has 0 bridgehead atoms. The molecule has 1 aromatic heterocycles. The second-order valence-corrected chi connectivity index (χ2v) is 6.14. The van der Waals surface area contributed by atoms with Crippen LogP contribution < -0.4 is 0 Å². The van der Waals surface area contributed by atoms with Crippen LogP contribution in [0, 0.1) is 6.92 Å². The molecule has 0 unspecified atom stereocenters. The second-order valence-electron chi connectivity index (χ2n) is 4.08. The lowest BCUT2D eigenvalue weighted by molar-refractivity contribution is -0.137. The molecule has 0 atom stereocenters. The van der Waals surface area contributed by atoms with Gasteiger partial charge in [0.2, 0.25) is 0 Å². The molecule has 1 aromatic rings. The molecular weight excluding hydrogens is 244 g/mol. The highest BCUT2D eigenvalue weighted by molar-refractivity contribution is 7.90. The van der Waals surface area contributed by atoms with Gasteiger partial charge < -0.3 is 5.11 Å². The van der Waals surface area contributed by atoms with Crippen molar-refractivity contribution < 1.29 is 18.3 Å². The van der Waals surface area contributed by atoms with Crippen molar-refractivity contribution in [2.24, 2.45) is 0 Å². The number of hydrogen-bond acceptors (Lipinski definition) is 5. The molecule has 0 saturated heterocycles. The number of rotatable bonds is 3. The minimum atomic E-state index is -3.09. The monoisotopic (exact) mass is 256 g/mol. The van der Waals surface area contributed by atoms with Crippen LogP contribution in [-0.4, -0.2) is 29.5 Å². The van der Waals surface area contributed by atoms with Gasteiger partial charge in [0, 0.05) is 17.7 Å². The Morgan fingerprint density at radius 2 is 2.06 bits per heavy atom. The van der Waals surface area contributed by atoms with Crippen LogP contribution in [0.2, 0.25) is 0 Å². The molecule has 1 N–H and O–H groups in total. The quantitative estimate of drug-likeness (QED) is 0.831. The molecule has 0 radical (unpaired) electrons. The summed E-state index contributed by atoms with van der Waals surface area (Å²) in [5.74, 6) is -0.584. The fraction of sp³-hybridized carbons (Fsp3) is 0.500. The Balaban J connectivity index is 2.30. The van der Waals surface area contributed by atoms with Crippen LogP contribution in [0.4, 0.5) is 0 Å². The average Bonchev–Trinajstić information content (AvgIpc) is 2.50. The molecule has 0 fully saturated rings. The highest BCUT2D eigenvalue weighted by atomic mass is 32.2. The molecule has 0 amide bonds. The lowest BCUT2D eigenvalue weighted by Gasteiger charge is -2.04. The minimum absolute atomic E-state index is 0.00657. The summed E-state index contributed by atoms with van der Waals surface area (Å²) < 4.78 is 22.9. The van der Waals surface area contributed by atoms with E-state index in [-0.39, 0.29) is 24.3 Å². The zero-order valence-electron chi connectivity index (χ0n) is 9.30. The maximum atomic E-state index is 11.5. The Hall–Kier alpha value is -1.50. The minimum Gasteiger partial charge on any atom is -0.481 e. The Morgan fingerprint density at radius 3 is 2.71 bits per heavy atom. The van der Waals surface area contributed by atoms with E-state index < -0.39 is 15.8 Å². The van der Waals surface area contributed by atoms with Crippen LogP contribution in [-0.2, 0) is 32.6 Å². The summed E-state index contributed by atoms with van der Waals surface area (Å²) in [5, 5.41) is 8.57. The third-order valence-corrected chi connectivity index (χ3v) is 4.07. The third kappa shape index (κ3) is 2.60. The molecule has 1 aliphatic heterocycles. The van der Waals surface area contributed by atoms with Crippen molar-refractivity contribution in [3.63, 3.8) is 0 Å². The molecule has 92 valence electrons. The Morgan fingerprint density at radius 1 is 1.35 bits per heavy atom. The topological polar surface area (TPSA) is 97.2 Å². The van der Waals surface area contributed by atoms with Crippen molar-refractivity contribution in [1.82, 2.24) is 9.97 Å². The molecule has 0 spiro atoms. The lowest BCUT2D eigenvalue weighted by Crippen LogP contribution is -2.06. The summed E-state index contributed by atoms with van der Waals surface area (Å²) in [4.78, 5) is 18.7. The van der Waals surface area contributed by atoms with Crippen LogP contribution in [0.5, 0.6) is 0 Å². The first kappa shape index (κ1) is 12.0. The van der Waals surface area contributed by atoms with Gasteiger partial charge in [-0.1, -0.05) is 0 Å². The maximum Gasteiger partial charge on any atom is 0.303 e. The van der Waals surface area contributed by atoms with Crippen molar-refractivity contribution >= 4 is 15.8 Å². The van der Waals surface area contributed by atoms with Gasteiger partial charge in [0.25, 0.3) is 0 Å². The highest BCUT2D eigenvalue weighted by Gasteiger charge is 2.28. The molecule has 2 heterocycles. The van der Waals surface area contributed by atoms with Crippen molar-refractivity contribution in [2.75, 3.05) is 0 Å². The van der Waals surface area contributed by atoms with E-state index in [0.29, 0.717) is 22.8 Å². The van der Waals surface area contributed by atoms with E-state index in [2.05, 4.69) is 9.97 Å². The van der Waals surface area contributed by atoms with Gasteiger partial charge in [-0.15, -0.1) is 0 Å². The molecule has 0 aromatic carbocycles. The molecule has 6 nitrogen and oxygen atoms in total. The van der Waals surface area contributed by atoms with Crippen LogP contribution in [0.25, 0.3) is 0 Å². The van der Waals surface area contributed by atoms with Gasteiger partial charge in [-0.3, -0.25) is 4.79 Å². The standard InChI is InChI=1S/C10H12N2O4S/c1-6-7-4-17(15,16)5-8(7)12-9(11-6)2-3-10(13)14/h2-5H2,1H3,(H,13,14). The van der Waals surface area contributed by atoms with Gasteiger partial charge >= 0.3 is 5.97 Å². The predicted molar refractivity (Wildman–Crippen MR) is 59.1 cm³/mol. The SMILES string of the molecule is Cc1nc(CCC(=O)O)nc2c1CS(=O)(=O)C2. The van der Waals surface area contributed by atoms with Gasteiger partial charge in [-0.25, -0.2) is 18.4 Å². The Kier molecular flexibility index (Phi) is 2.86. The van der Waals surface area contributed by atoms with E-state index >= 15 is 0 Å². The number of aliphatic carboxylic acids is 1. The van der Waals surface area contributed by atoms with Crippen LogP contribution in [0.3, 0.4) is 0 Å². The number of aryl methyl sites for hydroxylation is 2. The summed E-state index contributed by atoms with van der Waals surface area (Å²) >= 11 is 0. The zero-order valence-corrected chi connectivity index (χ0v) is 10.1. The van der Waals surface area contributed by atoms with Crippen molar-refractivity contribution in [3.05, 3.63) is 22.8 Å². The fourth-order valence-electron chi connectivity index (χ4n) is 1.84. The molecule has 1 aliphatic rings. The van der Waals surface area contributed by atoms with Crippen molar-refractivity contribution in [2.45, 2.75) is 31.3 Å². The molecule has 0 saturated carbocycles. The largest absolute Gasteiger partial charge is 0.481 e. The number of fused-ring (bicyclic) bond motifs is 1. The van der Waals surface area contributed by atoms with E-state index in [0.717, 1.165) is 0 Å². The first-order valence-corrected chi connectivity index (χ1v) is 6.97. The average molecular weight is 256 g/mol. The number of hydrogen-bond donors (Lipinski definition) is 1. The first-order valence-electron chi connectivity index (χ1n) is 5.15. The van der Waals surface area contributed by atoms with E-state index in [4.69, 9.17) is 5.11 Å². The number of carbonyl (C=O) groups is 1. The summed E-state index contributed by atoms with van der Waals surface area (Å²) in [6.07, 6.45) is 0.175. The van der Waals surface area contributed by atoms with Gasteiger partial charge in [-0.2, -0.15) is 0 Å². The zero-order chi connectivity index (χ0) is 12.6. The van der Waals surface area contributed by atoms with Crippen LogP contribution in [0.1, 0.15) is 29.2 Å². The molecule has 2 rings (SSSR count). The van der Waals surface area contributed by atoms with Gasteiger partial charge in [0.15, 0.2) is 9.84 Å². The summed E-state index contributed by atoms with van der Waals surface area (Å²) in [5.41, 5.74) is 1.83. The number of nitrogens with zero attached hydrogens (tertiary/aromatic N) is 2. The van der Waals surface area contributed by atoms with Crippen LogP contribution in [0.15, 0.2) is 0 Å². The van der Waals surface area contributed by atoms with E-state index in [9.17, 15) is 13.2 Å². The van der Waals surface area contributed by atoms with Crippen molar-refractivity contribution in [3.8, 4) is 0 Å². The van der Waals surface area contributed by atoms with Gasteiger partial charge in [0.1, 0.15) is 5.82 Å². The summed E-state index contributed by atoms with van der Waals surface area (Å²) in [6, 6.07) is 0. The third-order valence-electron chi connectivity index (χ3n) is 2.63. The molecule has 0 aliphatic carbocycles.